The Morgan fingerprint density at radius 2 is 1.04 bits per heavy atom. The third-order valence-corrected chi connectivity index (χ3v) is 6.38. The highest BCUT2D eigenvalue weighted by atomic mass is 32.2. The van der Waals surface area contributed by atoms with Gasteiger partial charge in [0.1, 0.15) is 0 Å². The van der Waals surface area contributed by atoms with Gasteiger partial charge in [-0.15, -0.1) is 0 Å². The van der Waals surface area contributed by atoms with Crippen LogP contribution in [0.3, 0.4) is 0 Å². The number of nitrogens with zero attached hydrogens (tertiary/aromatic N) is 3. The van der Waals surface area contributed by atoms with Gasteiger partial charge < -0.3 is 10.1 Å². The standard InChI is InChI=1S/C7H16N2.C7H15NO.C7H15NS/c1-7(2)9-5-3-8-4-6-9;2*1-7(2)8-3-5-9-6-4-8/h7-8H,3-6H2,1-2H3;2*7H,3-6H2,1-2H3. The molecule has 0 spiro atoms. The van der Waals surface area contributed by atoms with Crippen LogP contribution in [0.5, 0.6) is 0 Å². The summed E-state index contributed by atoms with van der Waals surface area (Å²) in [6.45, 7) is 24.9. The lowest BCUT2D eigenvalue weighted by atomic mass is 10.3. The van der Waals surface area contributed by atoms with E-state index in [0.717, 1.165) is 51.5 Å². The van der Waals surface area contributed by atoms with E-state index in [-0.39, 0.29) is 0 Å². The van der Waals surface area contributed by atoms with E-state index in [1.165, 1.54) is 37.7 Å². The van der Waals surface area contributed by atoms with Crippen molar-refractivity contribution in [2.45, 2.75) is 59.7 Å². The molecule has 0 aliphatic carbocycles. The smallest absolute Gasteiger partial charge is 0.0594 e. The second-order valence-corrected chi connectivity index (χ2v) is 9.59. The van der Waals surface area contributed by atoms with Crippen LogP contribution in [0.4, 0.5) is 0 Å². The number of hydrogen-bond acceptors (Lipinski definition) is 6. The molecule has 0 atom stereocenters. The molecule has 3 rings (SSSR count). The molecule has 27 heavy (non-hydrogen) atoms. The number of rotatable bonds is 3. The lowest BCUT2D eigenvalue weighted by Crippen LogP contribution is -2.46. The Labute approximate surface area is 173 Å². The Morgan fingerprint density at radius 3 is 1.37 bits per heavy atom. The molecular formula is C21H46N4OS. The number of hydrogen-bond donors (Lipinski definition) is 1. The van der Waals surface area contributed by atoms with Crippen LogP contribution in [0.1, 0.15) is 41.5 Å². The fourth-order valence-electron chi connectivity index (χ4n) is 3.39. The zero-order chi connectivity index (χ0) is 20.1. The molecule has 0 saturated carbocycles. The molecule has 0 radical (unpaired) electrons. The minimum absolute atomic E-state index is 0.689. The van der Waals surface area contributed by atoms with Crippen LogP contribution >= 0.6 is 11.8 Å². The molecule has 5 nitrogen and oxygen atoms in total. The van der Waals surface area contributed by atoms with E-state index >= 15 is 0 Å². The Kier molecular flexibility index (Phi) is 14.0. The van der Waals surface area contributed by atoms with Gasteiger partial charge in [-0.25, -0.2) is 0 Å². The molecule has 0 unspecified atom stereocenters. The lowest BCUT2D eigenvalue weighted by Gasteiger charge is -2.30. The molecule has 0 aromatic carbocycles. The first-order valence-electron chi connectivity index (χ1n) is 11.0. The molecule has 3 fully saturated rings. The molecule has 6 heteroatoms. The zero-order valence-electron chi connectivity index (χ0n) is 18.9. The highest BCUT2D eigenvalue weighted by Gasteiger charge is 2.13. The van der Waals surface area contributed by atoms with Gasteiger partial charge in [-0.3, -0.25) is 14.7 Å². The van der Waals surface area contributed by atoms with E-state index < -0.39 is 0 Å². The minimum atomic E-state index is 0.689. The van der Waals surface area contributed by atoms with Crippen LogP contribution < -0.4 is 5.32 Å². The van der Waals surface area contributed by atoms with Crippen molar-refractivity contribution in [3.05, 3.63) is 0 Å². The van der Waals surface area contributed by atoms with Crippen LogP contribution in [0.2, 0.25) is 0 Å². The second kappa shape index (κ2) is 15.1. The van der Waals surface area contributed by atoms with Crippen molar-refractivity contribution in [3.63, 3.8) is 0 Å². The van der Waals surface area contributed by atoms with Crippen LogP contribution in [-0.4, -0.2) is 110 Å². The van der Waals surface area contributed by atoms with Crippen molar-refractivity contribution in [2.75, 3.05) is 77.1 Å². The highest BCUT2D eigenvalue weighted by Crippen LogP contribution is 2.11. The van der Waals surface area contributed by atoms with E-state index in [1.54, 1.807) is 0 Å². The van der Waals surface area contributed by atoms with E-state index in [2.05, 4.69) is 73.3 Å². The van der Waals surface area contributed by atoms with Gasteiger partial charge in [0, 0.05) is 82.0 Å². The highest BCUT2D eigenvalue weighted by molar-refractivity contribution is 7.99. The maximum absolute atomic E-state index is 5.21. The predicted octanol–water partition coefficient (Wildman–Crippen LogP) is 2.47. The summed E-state index contributed by atoms with van der Waals surface area (Å²) in [5.74, 6) is 2.66. The predicted molar refractivity (Wildman–Crippen MR) is 121 cm³/mol. The molecule has 0 aromatic heterocycles. The average Bonchev–Trinajstić information content (AvgIpc) is 2.71. The van der Waals surface area contributed by atoms with Gasteiger partial charge in [-0.05, 0) is 41.5 Å². The van der Waals surface area contributed by atoms with Gasteiger partial charge in [-0.1, -0.05) is 0 Å². The van der Waals surface area contributed by atoms with Crippen molar-refractivity contribution in [1.82, 2.24) is 20.0 Å². The first kappa shape index (κ1) is 25.2. The summed E-state index contributed by atoms with van der Waals surface area (Å²) in [6, 6.07) is 2.17. The summed E-state index contributed by atoms with van der Waals surface area (Å²) in [6.07, 6.45) is 0. The summed E-state index contributed by atoms with van der Waals surface area (Å²) in [5, 5.41) is 3.33. The normalized spacial score (nSPS) is 23.0. The molecular weight excluding hydrogens is 356 g/mol. The van der Waals surface area contributed by atoms with Gasteiger partial charge >= 0.3 is 0 Å². The quantitative estimate of drug-likeness (QED) is 0.780. The molecule has 3 aliphatic heterocycles. The monoisotopic (exact) mass is 402 g/mol. The van der Waals surface area contributed by atoms with Crippen LogP contribution in [0.25, 0.3) is 0 Å². The summed E-state index contributed by atoms with van der Waals surface area (Å²) < 4.78 is 5.21. The van der Waals surface area contributed by atoms with Crippen molar-refractivity contribution in [3.8, 4) is 0 Å². The Balaban J connectivity index is 0.000000202. The molecule has 0 bridgehead atoms. The van der Waals surface area contributed by atoms with Crippen molar-refractivity contribution in [1.29, 1.82) is 0 Å². The van der Waals surface area contributed by atoms with Gasteiger partial charge in [0.2, 0.25) is 0 Å². The van der Waals surface area contributed by atoms with Gasteiger partial charge in [0.05, 0.1) is 13.2 Å². The first-order chi connectivity index (χ1) is 12.9. The maximum atomic E-state index is 5.21. The summed E-state index contributed by atoms with van der Waals surface area (Å²) >= 11 is 2.07. The fourth-order valence-corrected chi connectivity index (χ4v) is 4.32. The number of ether oxygens (including phenoxy) is 1. The van der Waals surface area contributed by atoms with Crippen LogP contribution in [0.15, 0.2) is 0 Å². The summed E-state index contributed by atoms with van der Waals surface area (Å²) in [7, 11) is 0. The average molecular weight is 403 g/mol. The second-order valence-electron chi connectivity index (χ2n) is 8.36. The van der Waals surface area contributed by atoms with Crippen LogP contribution in [-0.2, 0) is 4.74 Å². The molecule has 0 aromatic rings. The topological polar surface area (TPSA) is 31.0 Å². The minimum Gasteiger partial charge on any atom is -0.379 e. The van der Waals surface area contributed by atoms with Crippen LogP contribution in [0, 0.1) is 0 Å². The Morgan fingerprint density at radius 1 is 0.630 bits per heavy atom. The maximum Gasteiger partial charge on any atom is 0.0594 e. The number of morpholine rings is 1. The van der Waals surface area contributed by atoms with Gasteiger partial charge in [-0.2, -0.15) is 11.8 Å². The van der Waals surface area contributed by atoms with Gasteiger partial charge in [0.15, 0.2) is 0 Å². The molecule has 0 amide bonds. The zero-order valence-corrected chi connectivity index (χ0v) is 19.7. The Bertz CT molecular complexity index is 285. The van der Waals surface area contributed by atoms with E-state index in [4.69, 9.17) is 4.74 Å². The fraction of sp³-hybridized carbons (Fsp3) is 1.00. The van der Waals surface area contributed by atoms with E-state index in [9.17, 15) is 0 Å². The van der Waals surface area contributed by atoms with Crippen molar-refractivity contribution < 1.29 is 4.74 Å². The Hall–Kier alpha value is 0.150. The van der Waals surface area contributed by atoms with Crippen molar-refractivity contribution in [2.24, 2.45) is 0 Å². The largest absolute Gasteiger partial charge is 0.379 e. The lowest BCUT2D eigenvalue weighted by molar-refractivity contribution is 0.0238. The number of thioether (sulfide) groups is 1. The molecule has 3 aliphatic rings. The molecule has 1 N–H and O–H groups in total. The summed E-state index contributed by atoms with van der Waals surface area (Å²) in [4.78, 5) is 7.47. The first-order valence-corrected chi connectivity index (χ1v) is 12.2. The SMILES string of the molecule is CC(C)N1CCNCC1.CC(C)N1CCOCC1.CC(C)N1CCSCC1. The van der Waals surface area contributed by atoms with Crippen molar-refractivity contribution >= 4 is 11.8 Å². The molecule has 3 heterocycles. The van der Waals surface area contributed by atoms with Gasteiger partial charge in [0.25, 0.3) is 0 Å². The molecule has 162 valence electrons. The number of piperazine rings is 1. The van der Waals surface area contributed by atoms with E-state index in [0.29, 0.717) is 6.04 Å². The third kappa shape index (κ3) is 11.7. The summed E-state index contributed by atoms with van der Waals surface area (Å²) in [5.41, 5.74) is 0. The van der Waals surface area contributed by atoms with E-state index in [1.807, 2.05) is 0 Å². The molecule has 3 saturated heterocycles. The number of nitrogens with one attached hydrogen (secondary N) is 1. The third-order valence-electron chi connectivity index (χ3n) is 5.43.